The first-order valence-corrected chi connectivity index (χ1v) is 5.31. The first-order valence-electron chi connectivity index (χ1n) is 5.31. The van der Waals surface area contributed by atoms with E-state index >= 15 is 0 Å². The molecule has 1 aromatic carbocycles. The van der Waals surface area contributed by atoms with Crippen LogP contribution in [-0.4, -0.2) is 11.6 Å². The molecule has 2 rings (SSSR count). The van der Waals surface area contributed by atoms with Gasteiger partial charge in [-0.1, -0.05) is 18.2 Å². The number of allylic oxidation sites excluding steroid dienone is 1. The summed E-state index contributed by atoms with van der Waals surface area (Å²) in [6, 6.07) is 8.81. The lowest BCUT2D eigenvalue weighted by atomic mass is 10.0. The number of hydrogen-bond acceptors (Lipinski definition) is 4. The minimum atomic E-state index is -0.845. The van der Waals surface area contributed by atoms with Gasteiger partial charge in [-0.05, 0) is 30.4 Å². The van der Waals surface area contributed by atoms with Crippen LogP contribution in [0.1, 0.15) is 16.8 Å². The molecule has 0 amide bonds. The summed E-state index contributed by atoms with van der Waals surface area (Å²) in [7, 11) is 0. The molecule has 4 nitrogen and oxygen atoms in total. The molecule has 0 spiro atoms. The molecule has 0 saturated heterocycles. The molecule has 0 unspecified atom stereocenters. The fraction of sp³-hybridized carbons (Fsp3) is 0.154. The SMILES string of the molecule is NC1(N)C=CC(OC(=O)c2ccccc2)=CC1. The topological polar surface area (TPSA) is 78.3 Å². The Morgan fingerprint density at radius 2 is 1.94 bits per heavy atom. The number of hydrogen-bond donors (Lipinski definition) is 2. The summed E-state index contributed by atoms with van der Waals surface area (Å²) in [5.74, 6) is 0.0911. The van der Waals surface area contributed by atoms with Crippen LogP contribution in [0.15, 0.2) is 54.3 Å². The molecule has 17 heavy (non-hydrogen) atoms. The largest absolute Gasteiger partial charge is 0.423 e. The molecule has 0 saturated carbocycles. The van der Waals surface area contributed by atoms with Crippen molar-refractivity contribution in [1.29, 1.82) is 0 Å². The Balaban J connectivity index is 2.02. The lowest BCUT2D eigenvalue weighted by molar-refractivity contribution is 0.0634. The second-order valence-corrected chi connectivity index (χ2v) is 4.01. The monoisotopic (exact) mass is 230 g/mol. The van der Waals surface area contributed by atoms with Crippen molar-refractivity contribution in [2.24, 2.45) is 11.5 Å². The lowest BCUT2D eigenvalue weighted by Crippen LogP contribution is -2.47. The van der Waals surface area contributed by atoms with Gasteiger partial charge in [0, 0.05) is 6.42 Å². The fourth-order valence-corrected chi connectivity index (χ4v) is 1.47. The first-order chi connectivity index (χ1) is 8.07. The van der Waals surface area contributed by atoms with Gasteiger partial charge < -0.3 is 16.2 Å². The van der Waals surface area contributed by atoms with Crippen molar-refractivity contribution in [2.45, 2.75) is 12.1 Å². The molecule has 1 aliphatic rings. The van der Waals surface area contributed by atoms with Crippen LogP contribution in [-0.2, 0) is 4.74 Å². The fourth-order valence-electron chi connectivity index (χ4n) is 1.47. The predicted molar refractivity (Wildman–Crippen MR) is 64.8 cm³/mol. The van der Waals surface area contributed by atoms with Crippen molar-refractivity contribution in [1.82, 2.24) is 0 Å². The van der Waals surface area contributed by atoms with Gasteiger partial charge in [-0.2, -0.15) is 0 Å². The summed E-state index contributed by atoms with van der Waals surface area (Å²) in [4.78, 5) is 11.7. The Hall–Kier alpha value is -1.91. The van der Waals surface area contributed by atoms with Crippen molar-refractivity contribution in [3.63, 3.8) is 0 Å². The van der Waals surface area contributed by atoms with Crippen LogP contribution in [0.5, 0.6) is 0 Å². The van der Waals surface area contributed by atoms with Crippen LogP contribution in [0.25, 0.3) is 0 Å². The van der Waals surface area contributed by atoms with Crippen LogP contribution >= 0.6 is 0 Å². The maximum atomic E-state index is 11.7. The van der Waals surface area contributed by atoms with E-state index in [1.165, 1.54) is 0 Å². The Morgan fingerprint density at radius 1 is 1.24 bits per heavy atom. The average Bonchev–Trinajstić information content (AvgIpc) is 2.33. The molecule has 4 heteroatoms. The van der Waals surface area contributed by atoms with Gasteiger partial charge in [0.2, 0.25) is 0 Å². The third-order valence-corrected chi connectivity index (χ3v) is 2.43. The molecule has 0 radical (unpaired) electrons. The smallest absolute Gasteiger partial charge is 0.343 e. The van der Waals surface area contributed by atoms with Gasteiger partial charge in [-0.15, -0.1) is 0 Å². The van der Waals surface area contributed by atoms with Crippen molar-refractivity contribution < 1.29 is 9.53 Å². The van der Waals surface area contributed by atoms with Gasteiger partial charge in [0.1, 0.15) is 5.76 Å². The minimum Gasteiger partial charge on any atom is -0.423 e. The van der Waals surface area contributed by atoms with Crippen LogP contribution < -0.4 is 11.5 Å². The van der Waals surface area contributed by atoms with E-state index in [1.807, 2.05) is 6.07 Å². The minimum absolute atomic E-state index is 0.386. The molecule has 0 aromatic heterocycles. The summed E-state index contributed by atoms with van der Waals surface area (Å²) in [6.45, 7) is 0. The summed E-state index contributed by atoms with van der Waals surface area (Å²) in [6.07, 6.45) is 5.40. The molecule has 1 aromatic rings. The quantitative estimate of drug-likeness (QED) is 0.593. The van der Waals surface area contributed by atoms with Gasteiger partial charge in [0.05, 0.1) is 11.2 Å². The predicted octanol–water partition coefficient (Wildman–Crippen LogP) is 1.30. The van der Waals surface area contributed by atoms with Gasteiger partial charge in [0.15, 0.2) is 0 Å². The van der Waals surface area contributed by atoms with E-state index in [1.54, 1.807) is 42.5 Å². The standard InChI is InChI=1S/C13H14N2O2/c14-13(15)8-6-11(7-9-13)17-12(16)10-4-2-1-3-5-10/h1-8H,9,14-15H2. The molecular formula is C13H14N2O2. The maximum Gasteiger partial charge on any atom is 0.343 e. The summed E-state index contributed by atoms with van der Waals surface area (Å²) in [5.41, 5.74) is 11.0. The van der Waals surface area contributed by atoms with E-state index in [-0.39, 0.29) is 5.97 Å². The van der Waals surface area contributed by atoms with Gasteiger partial charge in [0.25, 0.3) is 0 Å². The van der Waals surface area contributed by atoms with Gasteiger partial charge in [-0.25, -0.2) is 4.79 Å². The Bertz CT molecular complexity index is 475. The van der Waals surface area contributed by atoms with Crippen molar-refractivity contribution >= 4 is 5.97 Å². The maximum absolute atomic E-state index is 11.7. The van der Waals surface area contributed by atoms with E-state index < -0.39 is 5.66 Å². The average molecular weight is 230 g/mol. The van der Waals surface area contributed by atoms with Gasteiger partial charge >= 0.3 is 5.97 Å². The zero-order chi connectivity index (χ0) is 12.3. The highest BCUT2D eigenvalue weighted by molar-refractivity contribution is 5.90. The van der Waals surface area contributed by atoms with E-state index in [9.17, 15) is 4.79 Å². The number of nitrogens with two attached hydrogens (primary N) is 2. The summed E-state index contributed by atoms with van der Waals surface area (Å²) >= 11 is 0. The van der Waals surface area contributed by atoms with E-state index in [0.29, 0.717) is 17.7 Å². The van der Waals surface area contributed by atoms with Crippen LogP contribution in [0.4, 0.5) is 0 Å². The summed E-state index contributed by atoms with van der Waals surface area (Å²) < 4.78 is 5.19. The number of carbonyl (C=O) groups excluding carboxylic acids is 1. The molecule has 0 bridgehead atoms. The van der Waals surface area contributed by atoms with Crippen molar-refractivity contribution in [2.75, 3.05) is 0 Å². The molecule has 0 aliphatic heterocycles. The van der Waals surface area contributed by atoms with Gasteiger partial charge in [-0.3, -0.25) is 0 Å². The second-order valence-electron chi connectivity index (χ2n) is 4.01. The summed E-state index contributed by atoms with van der Waals surface area (Å²) in [5, 5.41) is 0. The zero-order valence-electron chi connectivity index (χ0n) is 9.30. The highest BCUT2D eigenvalue weighted by Crippen LogP contribution is 2.16. The van der Waals surface area contributed by atoms with Crippen molar-refractivity contribution in [3.05, 3.63) is 59.9 Å². The highest BCUT2D eigenvalue weighted by Gasteiger charge is 2.19. The molecule has 4 N–H and O–H groups in total. The third-order valence-electron chi connectivity index (χ3n) is 2.43. The van der Waals surface area contributed by atoms with E-state index in [4.69, 9.17) is 16.2 Å². The molecule has 0 fully saturated rings. The molecule has 0 heterocycles. The third kappa shape index (κ3) is 3.03. The second kappa shape index (κ2) is 4.53. The highest BCUT2D eigenvalue weighted by atomic mass is 16.5. The van der Waals surface area contributed by atoms with Crippen molar-refractivity contribution in [3.8, 4) is 0 Å². The number of ether oxygens (including phenoxy) is 1. The number of carbonyl (C=O) groups is 1. The molecule has 1 aliphatic carbocycles. The Kier molecular flexibility index (Phi) is 3.08. The van der Waals surface area contributed by atoms with E-state index in [0.717, 1.165) is 0 Å². The lowest BCUT2D eigenvalue weighted by Gasteiger charge is -2.22. The van der Waals surface area contributed by atoms with Crippen LogP contribution in [0.2, 0.25) is 0 Å². The number of benzene rings is 1. The molecular weight excluding hydrogens is 216 g/mol. The van der Waals surface area contributed by atoms with Crippen LogP contribution in [0, 0.1) is 0 Å². The Morgan fingerprint density at radius 3 is 2.53 bits per heavy atom. The Labute approximate surface area is 99.6 Å². The molecule has 0 atom stereocenters. The molecule has 88 valence electrons. The van der Waals surface area contributed by atoms with Crippen LogP contribution in [0.3, 0.4) is 0 Å². The normalized spacial score (nSPS) is 17.4. The number of esters is 1. The zero-order valence-corrected chi connectivity index (χ0v) is 9.30. The van der Waals surface area contributed by atoms with E-state index in [2.05, 4.69) is 0 Å². The number of rotatable bonds is 2. The first kappa shape index (κ1) is 11.6.